The number of nitrogens with two attached hydrogens (primary N) is 2. The predicted molar refractivity (Wildman–Crippen MR) is 100 cm³/mol. The third kappa shape index (κ3) is 2.28. The Bertz CT molecular complexity index is 1090. The third-order valence-corrected chi connectivity index (χ3v) is 4.94. The van der Waals surface area contributed by atoms with Crippen LogP contribution in [0.3, 0.4) is 0 Å². The molecule has 1 aromatic carbocycles. The van der Waals surface area contributed by atoms with Crippen LogP contribution in [0, 0.1) is 0 Å². The van der Waals surface area contributed by atoms with Gasteiger partial charge >= 0.3 is 0 Å². The zero-order chi connectivity index (χ0) is 17.7. The smallest absolute Gasteiger partial charge is 0.161 e. The fraction of sp³-hybridized carbons (Fsp3) is 0.158. The van der Waals surface area contributed by atoms with Crippen molar-refractivity contribution in [1.29, 1.82) is 0 Å². The lowest BCUT2D eigenvalue weighted by Crippen LogP contribution is -2.07. The quantitative estimate of drug-likeness (QED) is 0.514. The highest BCUT2D eigenvalue weighted by Crippen LogP contribution is 2.35. The summed E-state index contributed by atoms with van der Waals surface area (Å²) >= 11 is 0. The van der Waals surface area contributed by atoms with Crippen LogP contribution in [0.15, 0.2) is 42.6 Å². The summed E-state index contributed by atoms with van der Waals surface area (Å²) in [5.74, 6) is 1.89. The molecule has 3 aromatic heterocycles. The molecule has 3 heterocycles. The zero-order valence-corrected chi connectivity index (χ0v) is 14.0. The van der Waals surface area contributed by atoms with E-state index in [2.05, 4.69) is 44.4 Å². The van der Waals surface area contributed by atoms with Crippen molar-refractivity contribution < 1.29 is 0 Å². The van der Waals surface area contributed by atoms with Gasteiger partial charge in [0.25, 0.3) is 0 Å². The van der Waals surface area contributed by atoms with E-state index in [4.69, 9.17) is 16.5 Å². The first-order valence-corrected chi connectivity index (χ1v) is 8.49. The van der Waals surface area contributed by atoms with E-state index in [1.54, 1.807) is 12.3 Å². The Morgan fingerprint density at radius 3 is 2.42 bits per heavy atom. The molecule has 7 heteroatoms. The van der Waals surface area contributed by atoms with Crippen LogP contribution in [0.25, 0.3) is 22.3 Å². The van der Waals surface area contributed by atoms with Gasteiger partial charge in [-0.25, -0.2) is 15.0 Å². The molecule has 0 amide bonds. The highest BCUT2D eigenvalue weighted by atomic mass is 15.2. The van der Waals surface area contributed by atoms with Gasteiger partial charge < -0.3 is 11.5 Å². The number of anilines is 2. The molecule has 0 aliphatic heterocycles. The van der Waals surface area contributed by atoms with Gasteiger partial charge in [0, 0.05) is 17.7 Å². The van der Waals surface area contributed by atoms with Gasteiger partial charge in [0.1, 0.15) is 23.2 Å². The van der Waals surface area contributed by atoms with Crippen molar-refractivity contribution in [3.8, 4) is 11.3 Å². The lowest BCUT2D eigenvalue weighted by Gasteiger charge is -2.09. The number of rotatable bonds is 2. The molecule has 1 aliphatic rings. The van der Waals surface area contributed by atoms with Crippen LogP contribution in [0.1, 0.15) is 22.9 Å². The first-order chi connectivity index (χ1) is 12.7. The number of aromatic nitrogens is 5. The topological polar surface area (TPSA) is 119 Å². The molecule has 26 heavy (non-hydrogen) atoms. The Labute approximate surface area is 149 Å². The molecular formula is C19H17N7. The van der Waals surface area contributed by atoms with Gasteiger partial charge in [0.05, 0.1) is 5.39 Å². The van der Waals surface area contributed by atoms with E-state index < -0.39 is 0 Å². The van der Waals surface area contributed by atoms with Crippen LogP contribution >= 0.6 is 0 Å². The van der Waals surface area contributed by atoms with Crippen molar-refractivity contribution in [3.63, 3.8) is 0 Å². The van der Waals surface area contributed by atoms with Gasteiger partial charge in [0.2, 0.25) is 0 Å². The van der Waals surface area contributed by atoms with Crippen LogP contribution in [0.4, 0.5) is 11.6 Å². The monoisotopic (exact) mass is 343 g/mol. The van der Waals surface area contributed by atoms with Gasteiger partial charge in [-0.15, -0.1) is 0 Å². The number of H-pyrrole nitrogens is 1. The van der Waals surface area contributed by atoms with E-state index in [0.29, 0.717) is 23.0 Å². The number of pyridine rings is 1. The minimum absolute atomic E-state index is 0.240. The summed E-state index contributed by atoms with van der Waals surface area (Å²) in [6.45, 7) is 0. The summed E-state index contributed by atoms with van der Waals surface area (Å²) in [5.41, 5.74) is 16.8. The Balaban J connectivity index is 1.56. The molecule has 0 saturated carbocycles. The minimum Gasteiger partial charge on any atom is -0.384 e. The van der Waals surface area contributed by atoms with E-state index in [-0.39, 0.29) is 5.92 Å². The number of hydrogen-bond donors (Lipinski definition) is 3. The lowest BCUT2D eigenvalue weighted by molar-refractivity contribution is 0.687. The Morgan fingerprint density at radius 2 is 1.73 bits per heavy atom. The first kappa shape index (κ1) is 14.8. The molecule has 0 atom stereocenters. The summed E-state index contributed by atoms with van der Waals surface area (Å²) in [6, 6.07) is 12.1. The van der Waals surface area contributed by atoms with E-state index in [1.807, 2.05) is 6.07 Å². The molecule has 128 valence electrons. The zero-order valence-electron chi connectivity index (χ0n) is 14.0. The molecule has 0 radical (unpaired) electrons. The molecule has 0 unspecified atom stereocenters. The summed E-state index contributed by atoms with van der Waals surface area (Å²) < 4.78 is 0. The van der Waals surface area contributed by atoms with Crippen LogP contribution in [0.5, 0.6) is 0 Å². The molecule has 4 aromatic rings. The average Bonchev–Trinajstić information content (AvgIpc) is 3.26. The molecule has 5 rings (SSSR count). The Morgan fingerprint density at radius 1 is 0.962 bits per heavy atom. The molecule has 5 N–H and O–H groups in total. The fourth-order valence-corrected chi connectivity index (χ4v) is 3.65. The van der Waals surface area contributed by atoms with Crippen molar-refractivity contribution in [3.05, 3.63) is 59.5 Å². The SMILES string of the molecule is Nc1ccc(-c2n[nH]c3nc(C4Cc5ccccc5C4)nc(N)c23)cn1. The number of nitrogens with one attached hydrogen (secondary N) is 1. The molecule has 0 spiro atoms. The highest BCUT2D eigenvalue weighted by Gasteiger charge is 2.26. The first-order valence-electron chi connectivity index (χ1n) is 8.49. The van der Waals surface area contributed by atoms with Crippen molar-refractivity contribution in [2.45, 2.75) is 18.8 Å². The normalized spacial score (nSPS) is 14.0. The third-order valence-electron chi connectivity index (χ3n) is 4.94. The standard InChI is InChI=1S/C19H17N7/c20-14-6-5-12(9-22-14)16-15-17(21)23-18(24-19(15)26-25-16)13-7-10-3-1-2-4-11(10)8-13/h1-6,9,13H,7-8H2,(H2,20,22)(H3,21,23,24,25,26). The van der Waals surface area contributed by atoms with Crippen LogP contribution in [-0.4, -0.2) is 25.1 Å². The average molecular weight is 343 g/mol. The number of hydrogen-bond acceptors (Lipinski definition) is 6. The maximum absolute atomic E-state index is 6.29. The van der Waals surface area contributed by atoms with E-state index in [1.165, 1.54) is 11.1 Å². The number of benzene rings is 1. The molecule has 0 bridgehead atoms. The second-order valence-corrected chi connectivity index (χ2v) is 6.61. The second kappa shape index (κ2) is 5.52. The predicted octanol–water partition coefficient (Wildman–Crippen LogP) is 2.46. The minimum atomic E-state index is 0.240. The Hall–Kier alpha value is -3.48. The number of nitrogen functional groups attached to an aromatic ring is 2. The number of nitrogens with zero attached hydrogens (tertiary/aromatic N) is 4. The van der Waals surface area contributed by atoms with Gasteiger partial charge in [-0.3, -0.25) is 5.10 Å². The summed E-state index contributed by atoms with van der Waals surface area (Å²) in [4.78, 5) is 13.4. The summed E-state index contributed by atoms with van der Waals surface area (Å²) in [6.07, 6.45) is 3.54. The molecule has 0 saturated heterocycles. The van der Waals surface area contributed by atoms with Crippen LogP contribution < -0.4 is 11.5 Å². The van der Waals surface area contributed by atoms with E-state index in [0.717, 1.165) is 29.6 Å². The van der Waals surface area contributed by atoms with Crippen molar-refractivity contribution in [2.75, 3.05) is 11.5 Å². The van der Waals surface area contributed by atoms with Gasteiger partial charge in [-0.05, 0) is 36.1 Å². The summed E-state index contributed by atoms with van der Waals surface area (Å²) in [5, 5.41) is 8.08. The largest absolute Gasteiger partial charge is 0.384 e. The van der Waals surface area contributed by atoms with Crippen LogP contribution in [0.2, 0.25) is 0 Å². The maximum atomic E-state index is 6.29. The molecule has 0 fully saturated rings. The molecule has 7 nitrogen and oxygen atoms in total. The fourth-order valence-electron chi connectivity index (χ4n) is 3.65. The number of aromatic amines is 1. The van der Waals surface area contributed by atoms with Gasteiger partial charge in [0.15, 0.2) is 5.65 Å². The van der Waals surface area contributed by atoms with E-state index in [9.17, 15) is 0 Å². The summed E-state index contributed by atoms with van der Waals surface area (Å²) in [7, 11) is 0. The van der Waals surface area contributed by atoms with Crippen molar-refractivity contribution in [2.24, 2.45) is 0 Å². The van der Waals surface area contributed by atoms with E-state index >= 15 is 0 Å². The lowest BCUT2D eigenvalue weighted by atomic mass is 10.1. The van der Waals surface area contributed by atoms with Crippen molar-refractivity contribution in [1.82, 2.24) is 25.1 Å². The van der Waals surface area contributed by atoms with Crippen molar-refractivity contribution >= 4 is 22.7 Å². The van der Waals surface area contributed by atoms with Gasteiger partial charge in [-0.2, -0.15) is 5.10 Å². The van der Waals surface area contributed by atoms with Crippen LogP contribution in [-0.2, 0) is 12.8 Å². The number of fused-ring (bicyclic) bond motifs is 2. The molecular weight excluding hydrogens is 326 g/mol. The van der Waals surface area contributed by atoms with Gasteiger partial charge in [-0.1, -0.05) is 24.3 Å². The highest BCUT2D eigenvalue weighted by molar-refractivity contribution is 5.97. The second-order valence-electron chi connectivity index (χ2n) is 6.61. The Kier molecular flexibility index (Phi) is 3.15. The maximum Gasteiger partial charge on any atom is 0.161 e. The molecule has 1 aliphatic carbocycles.